The van der Waals surface area contributed by atoms with E-state index < -0.39 is 0 Å². The monoisotopic (exact) mass is 824 g/mol. The van der Waals surface area contributed by atoms with Crippen LogP contribution in [0.25, 0.3) is 123 Å². The van der Waals surface area contributed by atoms with E-state index in [2.05, 4.69) is 141 Å². The van der Waals surface area contributed by atoms with Gasteiger partial charge in [0, 0.05) is 76.0 Å². The first-order valence-corrected chi connectivity index (χ1v) is 21.9. The summed E-state index contributed by atoms with van der Waals surface area (Å²) in [5.74, 6) is 0. The van der Waals surface area contributed by atoms with Gasteiger partial charge in [-0.1, -0.05) is 109 Å². The Morgan fingerprint density at radius 2 is 0.903 bits per heavy atom. The van der Waals surface area contributed by atoms with Gasteiger partial charge < -0.3 is 9.13 Å². The van der Waals surface area contributed by atoms with E-state index >= 15 is 0 Å². The number of fused-ring (bicyclic) bond motifs is 14. The summed E-state index contributed by atoms with van der Waals surface area (Å²) in [6.07, 6.45) is 3.53. The fourth-order valence-corrected chi connectivity index (χ4v) is 12.3. The molecular formula is C54H28N6S2. The molecule has 6 heterocycles. The van der Waals surface area contributed by atoms with Gasteiger partial charge in [0.25, 0.3) is 0 Å². The van der Waals surface area contributed by atoms with Crippen LogP contribution < -0.4 is 0 Å². The molecule has 8 heteroatoms. The van der Waals surface area contributed by atoms with Crippen LogP contribution in [0, 0.1) is 17.9 Å². The summed E-state index contributed by atoms with van der Waals surface area (Å²) >= 11 is 3.56. The smallest absolute Gasteiger partial charge is 0.216 e. The molecule has 0 aliphatic carbocycles. The van der Waals surface area contributed by atoms with Crippen LogP contribution in [0.5, 0.6) is 0 Å². The van der Waals surface area contributed by atoms with Crippen LogP contribution in [0.4, 0.5) is 5.69 Å². The standard InChI is InChI=1S/C54H28N6S2/c1-56-48-39(30-55)46(40-18-10-12-28-57-40)51(59-42-20-6-2-14-31(42)35-24-26-37-33-16-4-8-22-44(33)61-53(37)49(35)59)52(47(48)41-19-11-13-29-58-41)60-43-21-7-3-15-32(43)36-25-27-38-34-17-5-9-23-45(34)62-54(38)50(36)60/h2-29H. The summed E-state index contributed by atoms with van der Waals surface area (Å²) < 4.78 is 9.41. The predicted molar refractivity (Wildman–Crippen MR) is 258 cm³/mol. The minimum Gasteiger partial charge on any atom is -0.306 e. The zero-order valence-electron chi connectivity index (χ0n) is 32.7. The lowest BCUT2D eigenvalue weighted by atomic mass is 9.92. The van der Waals surface area contributed by atoms with Gasteiger partial charge in [-0.05, 0) is 48.5 Å². The molecule has 0 N–H and O–H groups in total. The number of pyridine rings is 2. The van der Waals surface area contributed by atoms with Gasteiger partial charge >= 0.3 is 0 Å². The lowest BCUT2D eigenvalue weighted by molar-refractivity contribution is 1.10. The number of benzene rings is 7. The Morgan fingerprint density at radius 3 is 1.39 bits per heavy atom. The predicted octanol–water partition coefficient (Wildman–Crippen LogP) is 15.2. The molecule has 0 atom stereocenters. The molecule has 0 fully saturated rings. The van der Waals surface area contributed by atoms with Crippen molar-refractivity contribution in [2.45, 2.75) is 0 Å². The SMILES string of the molecule is [C-]#[N+]c1c(C#N)c(-c2ccccn2)c(-n2c3ccccc3c3ccc4c5ccccc5sc4c32)c(-n2c3ccccc3c3ccc4c5ccccc5sc4c32)c1-c1ccccn1. The van der Waals surface area contributed by atoms with E-state index in [1.807, 2.05) is 36.4 Å². The van der Waals surface area contributed by atoms with E-state index in [-0.39, 0.29) is 11.3 Å². The molecule has 0 amide bonds. The average molecular weight is 825 g/mol. The third-order valence-electron chi connectivity index (χ3n) is 12.3. The highest BCUT2D eigenvalue weighted by Crippen LogP contribution is 2.53. The van der Waals surface area contributed by atoms with Crippen molar-refractivity contribution in [3.63, 3.8) is 0 Å². The van der Waals surface area contributed by atoms with Crippen LogP contribution in [-0.2, 0) is 0 Å². The molecule has 0 saturated carbocycles. The number of para-hydroxylation sites is 2. The molecule has 0 aliphatic heterocycles. The zero-order valence-corrected chi connectivity index (χ0v) is 34.3. The van der Waals surface area contributed by atoms with Crippen LogP contribution in [0.3, 0.4) is 0 Å². The Morgan fingerprint density at radius 1 is 0.468 bits per heavy atom. The van der Waals surface area contributed by atoms with E-state index in [1.54, 1.807) is 35.1 Å². The lowest BCUT2D eigenvalue weighted by Crippen LogP contribution is -2.10. The highest BCUT2D eigenvalue weighted by molar-refractivity contribution is 7.27. The van der Waals surface area contributed by atoms with E-state index in [4.69, 9.17) is 16.5 Å². The molecule has 0 saturated heterocycles. The molecule has 0 spiro atoms. The average Bonchev–Trinajstić information content (AvgIpc) is 4.09. The molecule has 13 aromatic rings. The molecule has 0 unspecified atom stereocenters. The molecule has 6 nitrogen and oxygen atoms in total. The summed E-state index contributed by atoms with van der Waals surface area (Å²) in [6.45, 7) is 8.98. The summed E-state index contributed by atoms with van der Waals surface area (Å²) in [5.41, 5.74) is 8.37. The van der Waals surface area contributed by atoms with E-state index in [0.29, 0.717) is 22.5 Å². The largest absolute Gasteiger partial charge is 0.306 e. The Labute approximate surface area is 361 Å². The molecule has 6 aromatic heterocycles. The Bertz CT molecular complexity index is 3850. The summed E-state index contributed by atoms with van der Waals surface area (Å²) in [6, 6.07) is 57.4. The van der Waals surface area contributed by atoms with Crippen molar-refractivity contribution in [1.82, 2.24) is 19.1 Å². The summed E-state index contributed by atoms with van der Waals surface area (Å²) in [7, 11) is 0. The molecule has 286 valence electrons. The summed E-state index contributed by atoms with van der Waals surface area (Å²) in [4.78, 5) is 14.3. The van der Waals surface area contributed by atoms with Gasteiger partial charge in [0.05, 0.1) is 72.4 Å². The van der Waals surface area contributed by atoms with E-state index in [1.165, 1.54) is 20.2 Å². The second kappa shape index (κ2) is 13.2. The topological polar surface area (TPSA) is 63.8 Å². The van der Waals surface area contributed by atoms with Gasteiger partial charge in [-0.25, -0.2) is 4.85 Å². The minimum absolute atomic E-state index is 0.229. The van der Waals surface area contributed by atoms with Crippen molar-refractivity contribution in [3.8, 4) is 40.0 Å². The second-order valence-corrected chi connectivity index (χ2v) is 17.5. The molecule has 13 rings (SSSR count). The first-order valence-electron chi connectivity index (χ1n) is 20.3. The second-order valence-electron chi connectivity index (χ2n) is 15.4. The minimum atomic E-state index is 0.229. The Balaban J connectivity index is 1.38. The zero-order chi connectivity index (χ0) is 41.1. The lowest BCUT2D eigenvalue weighted by Gasteiger charge is -2.26. The van der Waals surface area contributed by atoms with Crippen molar-refractivity contribution in [1.29, 1.82) is 5.26 Å². The Hall–Kier alpha value is -8.14. The third kappa shape index (κ3) is 4.65. The van der Waals surface area contributed by atoms with Crippen molar-refractivity contribution >= 4 is 112 Å². The van der Waals surface area contributed by atoms with Gasteiger partial charge in [-0.2, -0.15) is 5.26 Å². The number of hydrogen-bond donors (Lipinski definition) is 0. The first kappa shape index (κ1) is 34.7. The maximum absolute atomic E-state index is 11.5. The fourth-order valence-electron chi connectivity index (χ4n) is 9.81. The van der Waals surface area contributed by atoms with Gasteiger partial charge in [0.15, 0.2) is 0 Å². The number of rotatable bonds is 4. The summed E-state index contributed by atoms with van der Waals surface area (Å²) in [5, 5.41) is 20.6. The maximum atomic E-state index is 11.5. The van der Waals surface area contributed by atoms with Crippen molar-refractivity contribution < 1.29 is 0 Å². The number of nitrogens with zero attached hydrogens (tertiary/aromatic N) is 6. The van der Waals surface area contributed by atoms with E-state index in [9.17, 15) is 5.26 Å². The maximum Gasteiger partial charge on any atom is 0.216 e. The molecule has 0 bridgehead atoms. The van der Waals surface area contributed by atoms with Gasteiger partial charge in [0.2, 0.25) is 5.69 Å². The molecular weight excluding hydrogens is 797 g/mol. The third-order valence-corrected chi connectivity index (χ3v) is 14.7. The van der Waals surface area contributed by atoms with Gasteiger partial charge in [0.1, 0.15) is 0 Å². The van der Waals surface area contributed by atoms with Crippen LogP contribution in [0.15, 0.2) is 170 Å². The first-order chi connectivity index (χ1) is 30.7. The molecule has 0 radical (unpaired) electrons. The van der Waals surface area contributed by atoms with Crippen molar-refractivity contribution in [3.05, 3.63) is 187 Å². The Kier molecular flexibility index (Phi) is 7.38. The normalized spacial score (nSPS) is 11.8. The van der Waals surface area contributed by atoms with Crippen LogP contribution >= 0.6 is 22.7 Å². The molecule has 62 heavy (non-hydrogen) atoms. The number of hydrogen-bond acceptors (Lipinski definition) is 5. The van der Waals surface area contributed by atoms with Crippen LogP contribution in [0.2, 0.25) is 0 Å². The van der Waals surface area contributed by atoms with Gasteiger partial charge in [-0.3, -0.25) is 9.97 Å². The quantitative estimate of drug-likeness (QED) is 0.166. The number of thiophene rings is 2. The molecule has 7 aromatic carbocycles. The van der Waals surface area contributed by atoms with Crippen LogP contribution in [0.1, 0.15) is 5.56 Å². The van der Waals surface area contributed by atoms with Crippen LogP contribution in [-0.4, -0.2) is 19.1 Å². The van der Waals surface area contributed by atoms with Crippen molar-refractivity contribution in [2.75, 3.05) is 0 Å². The number of nitriles is 1. The highest BCUT2D eigenvalue weighted by Gasteiger charge is 2.33. The van der Waals surface area contributed by atoms with Crippen molar-refractivity contribution in [2.24, 2.45) is 0 Å². The fraction of sp³-hybridized carbons (Fsp3) is 0. The van der Waals surface area contributed by atoms with Gasteiger partial charge in [-0.15, -0.1) is 22.7 Å². The molecule has 0 aliphatic rings. The highest BCUT2D eigenvalue weighted by atomic mass is 32.1. The number of aromatic nitrogens is 4. The van der Waals surface area contributed by atoms with E-state index in [0.717, 1.165) is 75.2 Å².